The Balaban J connectivity index is 2.46. The van der Waals surface area contributed by atoms with Gasteiger partial charge in [-0.1, -0.05) is 25.6 Å². The van der Waals surface area contributed by atoms with Gasteiger partial charge in [-0.3, -0.25) is 0 Å². The molecule has 0 aliphatic carbocycles. The fourth-order valence-electron chi connectivity index (χ4n) is 1.38. The maximum Gasteiger partial charge on any atom is 0.134 e. The molecule has 0 aromatic heterocycles. The summed E-state index contributed by atoms with van der Waals surface area (Å²) in [6.07, 6.45) is 4.95. The Hall–Kier alpha value is -1.50. The minimum absolute atomic E-state index is 0.709. The summed E-state index contributed by atoms with van der Waals surface area (Å²) < 4.78 is 5.49. The third-order valence-electron chi connectivity index (χ3n) is 2.18. The van der Waals surface area contributed by atoms with Crippen molar-refractivity contribution in [2.75, 3.05) is 0 Å². The summed E-state index contributed by atoms with van der Waals surface area (Å²) in [4.78, 5) is 0. The Kier molecular flexibility index (Phi) is 1.93. The maximum atomic E-state index is 5.49. The first-order valence-corrected chi connectivity index (χ1v) is 4.47. The number of benzene rings is 1. The molecule has 66 valence electrons. The van der Waals surface area contributed by atoms with E-state index in [1.165, 1.54) is 5.56 Å². The second-order valence-electron chi connectivity index (χ2n) is 3.13. The molecule has 0 saturated carbocycles. The third kappa shape index (κ3) is 1.50. The predicted molar refractivity (Wildman–Crippen MR) is 54.6 cm³/mol. The highest BCUT2D eigenvalue weighted by Crippen LogP contribution is 2.27. The number of hydrogen-bond donors (Lipinski definition) is 0. The molecule has 0 fully saturated rings. The van der Waals surface area contributed by atoms with E-state index in [4.69, 9.17) is 4.74 Å². The van der Waals surface area contributed by atoms with Crippen LogP contribution in [0.5, 0.6) is 5.75 Å². The van der Waals surface area contributed by atoms with Gasteiger partial charge in [-0.25, -0.2) is 0 Å². The van der Waals surface area contributed by atoms with Crippen molar-refractivity contribution in [3.05, 3.63) is 47.7 Å². The highest BCUT2D eigenvalue weighted by atomic mass is 16.5. The molecule has 1 heterocycles. The van der Waals surface area contributed by atoms with Crippen LogP contribution in [0.4, 0.5) is 0 Å². The molecule has 1 aliphatic rings. The molecule has 0 amide bonds. The number of hydrogen-bond acceptors (Lipinski definition) is 1. The van der Waals surface area contributed by atoms with Gasteiger partial charge in [0.1, 0.15) is 11.5 Å². The van der Waals surface area contributed by atoms with Gasteiger partial charge in [-0.05, 0) is 30.2 Å². The van der Waals surface area contributed by atoms with E-state index in [2.05, 4.69) is 31.7 Å². The van der Waals surface area contributed by atoms with Crippen molar-refractivity contribution in [3.63, 3.8) is 0 Å². The molecule has 0 radical (unpaired) electrons. The van der Waals surface area contributed by atoms with Crippen LogP contribution < -0.4 is 4.74 Å². The second kappa shape index (κ2) is 3.09. The van der Waals surface area contributed by atoms with E-state index in [1.807, 2.05) is 12.2 Å². The average Bonchev–Trinajstić information content (AvgIpc) is 2.16. The fourth-order valence-corrected chi connectivity index (χ4v) is 1.38. The number of rotatable bonds is 1. The lowest BCUT2D eigenvalue weighted by atomic mass is 10.1. The van der Waals surface area contributed by atoms with Gasteiger partial charge in [0.25, 0.3) is 0 Å². The molecule has 0 bridgehead atoms. The zero-order chi connectivity index (χ0) is 9.26. The first-order valence-electron chi connectivity index (χ1n) is 4.47. The largest absolute Gasteiger partial charge is 0.457 e. The monoisotopic (exact) mass is 172 g/mol. The van der Waals surface area contributed by atoms with Crippen LogP contribution in [0.1, 0.15) is 18.1 Å². The molecular formula is C12H12O. The van der Waals surface area contributed by atoms with Gasteiger partial charge in [0, 0.05) is 5.56 Å². The van der Waals surface area contributed by atoms with E-state index in [-0.39, 0.29) is 0 Å². The van der Waals surface area contributed by atoms with Crippen molar-refractivity contribution >= 4 is 6.08 Å². The summed E-state index contributed by atoms with van der Waals surface area (Å²) in [5, 5.41) is 0. The van der Waals surface area contributed by atoms with Gasteiger partial charge in [-0.2, -0.15) is 0 Å². The van der Waals surface area contributed by atoms with Gasteiger partial charge < -0.3 is 4.74 Å². The molecule has 0 atom stereocenters. The van der Waals surface area contributed by atoms with Gasteiger partial charge in [0.2, 0.25) is 0 Å². The van der Waals surface area contributed by atoms with Crippen LogP contribution in [-0.4, -0.2) is 0 Å². The van der Waals surface area contributed by atoms with Crippen LogP contribution in [0.2, 0.25) is 0 Å². The number of fused-ring (bicyclic) bond motifs is 1. The molecule has 13 heavy (non-hydrogen) atoms. The Morgan fingerprint density at radius 3 is 2.92 bits per heavy atom. The summed E-state index contributed by atoms with van der Waals surface area (Å²) in [6.45, 7) is 5.89. The normalized spacial score (nSPS) is 13.8. The SMILES string of the molecule is C=C1C=Cc2ccc(CC)cc2O1. The lowest BCUT2D eigenvalue weighted by Gasteiger charge is -2.14. The van der Waals surface area contributed by atoms with Crippen molar-refractivity contribution in [1.29, 1.82) is 0 Å². The highest BCUT2D eigenvalue weighted by Gasteiger charge is 2.07. The Morgan fingerprint density at radius 2 is 2.15 bits per heavy atom. The second-order valence-corrected chi connectivity index (χ2v) is 3.13. The number of ether oxygens (including phenoxy) is 1. The first-order chi connectivity index (χ1) is 6.29. The third-order valence-corrected chi connectivity index (χ3v) is 2.18. The van der Waals surface area contributed by atoms with Crippen molar-refractivity contribution in [1.82, 2.24) is 0 Å². The van der Waals surface area contributed by atoms with Crippen molar-refractivity contribution in [3.8, 4) is 5.75 Å². The summed E-state index contributed by atoms with van der Waals surface area (Å²) in [5.74, 6) is 1.63. The summed E-state index contributed by atoms with van der Waals surface area (Å²) >= 11 is 0. The molecule has 0 saturated heterocycles. The van der Waals surface area contributed by atoms with Crippen LogP contribution in [-0.2, 0) is 6.42 Å². The Bertz CT molecular complexity index is 375. The molecule has 0 N–H and O–H groups in total. The van der Waals surface area contributed by atoms with Crippen LogP contribution >= 0.6 is 0 Å². The smallest absolute Gasteiger partial charge is 0.134 e. The van der Waals surface area contributed by atoms with Crippen LogP contribution in [0.3, 0.4) is 0 Å². The van der Waals surface area contributed by atoms with Crippen LogP contribution in [0.25, 0.3) is 6.08 Å². The van der Waals surface area contributed by atoms with E-state index in [1.54, 1.807) is 0 Å². The topological polar surface area (TPSA) is 9.23 Å². The fraction of sp³-hybridized carbons (Fsp3) is 0.167. The number of allylic oxidation sites excluding steroid dienone is 1. The lowest BCUT2D eigenvalue weighted by Crippen LogP contribution is -1.98. The number of aryl methyl sites for hydroxylation is 1. The Morgan fingerprint density at radius 1 is 1.31 bits per heavy atom. The minimum atomic E-state index is 0.709. The molecule has 1 aromatic carbocycles. The minimum Gasteiger partial charge on any atom is -0.457 e. The van der Waals surface area contributed by atoms with Crippen molar-refractivity contribution in [2.24, 2.45) is 0 Å². The zero-order valence-corrected chi connectivity index (χ0v) is 7.71. The molecule has 1 heteroatoms. The molecule has 1 aliphatic heterocycles. The molecule has 1 nitrogen and oxygen atoms in total. The predicted octanol–water partition coefficient (Wildman–Crippen LogP) is 3.17. The lowest BCUT2D eigenvalue weighted by molar-refractivity contribution is 0.442. The molecule has 2 rings (SSSR count). The summed E-state index contributed by atoms with van der Waals surface area (Å²) in [7, 11) is 0. The van der Waals surface area contributed by atoms with Crippen LogP contribution in [0, 0.1) is 0 Å². The summed E-state index contributed by atoms with van der Waals surface area (Å²) in [5.41, 5.74) is 2.42. The quantitative estimate of drug-likeness (QED) is 0.632. The van der Waals surface area contributed by atoms with Gasteiger partial charge in [0.15, 0.2) is 0 Å². The van der Waals surface area contributed by atoms with E-state index in [0.717, 1.165) is 17.7 Å². The summed E-state index contributed by atoms with van der Waals surface area (Å²) in [6, 6.07) is 6.28. The molecular weight excluding hydrogens is 160 g/mol. The molecule has 0 unspecified atom stereocenters. The standard InChI is InChI=1S/C12H12O/c1-3-10-5-7-11-6-4-9(2)13-12(11)8-10/h4-8H,2-3H2,1H3. The van der Waals surface area contributed by atoms with E-state index < -0.39 is 0 Å². The maximum absolute atomic E-state index is 5.49. The highest BCUT2D eigenvalue weighted by molar-refractivity contribution is 5.63. The molecule has 0 spiro atoms. The van der Waals surface area contributed by atoms with Crippen LogP contribution in [0.15, 0.2) is 36.6 Å². The van der Waals surface area contributed by atoms with Gasteiger partial charge >= 0.3 is 0 Å². The molecule has 1 aromatic rings. The van der Waals surface area contributed by atoms with Gasteiger partial charge in [-0.15, -0.1) is 0 Å². The zero-order valence-electron chi connectivity index (χ0n) is 7.71. The van der Waals surface area contributed by atoms with Crippen molar-refractivity contribution < 1.29 is 4.74 Å². The van der Waals surface area contributed by atoms with Crippen molar-refractivity contribution in [2.45, 2.75) is 13.3 Å². The van der Waals surface area contributed by atoms with E-state index >= 15 is 0 Å². The van der Waals surface area contributed by atoms with E-state index in [9.17, 15) is 0 Å². The van der Waals surface area contributed by atoms with Gasteiger partial charge in [0.05, 0.1) is 0 Å². The first kappa shape index (κ1) is 8.11. The average molecular weight is 172 g/mol. The Labute approximate surface area is 78.3 Å². The van der Waals surface area contributed by atoms with E-state index in [0.29, 0.717) is 5.76 Å².